The Morgan fingerprint density at radius 2 is 2.43 bits per heavy atom. The van der Waals surface area contributed by atoms with Crippen LogP contribution in [-0.2, 0) is 9.53 Å². The van der Waals surface area contributed by atoms with Crippen molar-refractivity contribution >= 4 is 5.91 Å². The van der Waals surface area contributed by atoms with Gasteiger partial charge in [0.15, 0.2) is 0 Å². The minimum absolute atomic E-state index is 0.0114. The van der Waals surface area contributed by atoms with Crippen LogP contribution in [0, 0.1) is 0 Å². The highest BCUT2D eigenvalue weighted by atomic mass is 16.5. The lowest BCUT2D eigenvalue weighted by Crippen LogP contribution is -2.51. The van der Waals surface area contributed by atoms with Gasteiger partial charge in [0.25, 0.3) is 0 Å². The molecule has 5 nitrogen and oxygen atoms in total. The van der Waals surface area contributed by atoms with Crippen molar-refractivity contribution in [1.82, 2.24) is 10.6 Å². The Balaban J connectivity index is 2.07. The molecule has 1 atom stereocenters. The number of amides is 1. The summed E-state index contributed by atoms with van der Waals surface area (Å²) in [5.74, 6) is -0.0114. The summed E-state index contributed by atoms with van der Waals surface area (Å²) in [7, 11) is 0. The van der Waals surface area contributed by atoms with Gasteiger partial charge in [-0.2, -0.15) is 0 Å². The monoisotopic (exact) mass is 202 g/mol. The predicted molar refractivity (Wildman–Crippen MR) is 51.9 cm³/mol. The molecule has 1 aliphatic heterocycles. The number of nitrogens with one attached hydrogen (secondary N) is 2. The average Bonchev–Trinajstić information content (AvgIpc) is 2.25. The van der Waals surface area contributed by atoms with Gasteiger partial charge in [0.05, 0.1) is 13.2 Å². The van der Waals surface area contributed by atoms with Crippen LogP contribution in [0.15, 0.2) is 0 Å². The van der Waals surface area contributed by atoms with E-state index in [4.69, 9.17) is 9.84 Å². The fourth-order valence-corrected chi connectivity index (χ4v) is 1.31. The number of aliphatic hydroxyl groups excluding tert-OH is 1. The van der Waals surface area contributed by atoms with Crippen LogP contribution in [0.4, 0.5) is 0 Å². The number of unbranched alkanes of at least 4 members (excludes halogenated alkanes) is 1. The first-order chi connectivity index (χ1) is 6.84. The van der Waals surface area contributed by atoms with Gasteiger partial charge in [-0.05, 0) is 12.8 Å². The lowest BCUT2D eigenvalue weighted by molar-refractivity contribution is -0.125. The Morgan fingerprint density at radius 3 is 3.07 bits per heavy atom. The van der Waals surface area contributed by atoms with Crippen molar-refractivity contribution in [1.29, 1.82) is 0 Å². The Kier molecular flexibility index (Phi) is 5.51. The summed E-state index contributed by atoms with van der Waals surface area (Å²) in [6, 6.07) is -0.210. The summed E-state index contributed by atoms with van der Waals surface area (Å²) >= 11 is 0. The molecule has 0 bridgehead atoms. The van der Waals surface area contributed by atoms with E-state index >= 15 is 0 Å². The topological polar surface area (TPSA) is 70.6 Å². The van der Waals surface area contributed by atoms with Gasteiger partial charge >= 0.3 is 0 Å². The molecule has 0 radical (unpaired) electrons. The smallest absolute Gasteiger partial charge is 0.239 e. The van der Waals surface area contributed by atoms with Crippen molar-refractivity contribution in [3.63, 3.8) is 0 Å². The molecule has 1 unspecified atom stereocenters. The zero-order valence-corrected chi connectivity index (χ0v) is 8.29. The quantitative estimate of drug-likeness (QED) is 0.493. The molecule has 82 valence electrons. The first kappa shape index (κ1) is 11.4. The summed E-state index contributed by atoms with van der Waals surface area (Å²) < 4.78 is 5.17. The van der Waals surface area contributed by atoms with Crippen molar-refractivity contribution < 1.29 is 14.6 Å². The molecule has 1 saturated heterocycles. The molecular formula is C9H18N2O3. The Labute approximate surface area is 83.8 Å². The molecule has 1 rings (SSSR count). The lowest BCUT2D eigenvalue weighted by Gasteiger charge is -2.22. The van der Waals surface area contributed by atoms with Gasteiger partial charge in [-0.25, -0.2) is 0 Å². The largest absolute Gasteiger partial charge is 0.396 e. The molecule has 14 heavy (non-hydrogen) atoms. The van der Waals surface area contributed by atoms with Gasteiger partial charge in [-0.15, -0.1) is 0 Å². The molecule has 3 N–H and O–H groups in total. The Morgan fingerprint density at radius 1 is 1.57 bits per heavy atom. The maximum Gasteiger partial charge on any atom is 0.239 e. The standard InChI is InChI=1S/C9H18N2O3/c12-5-2-1-3-11-9(13)8-7-14-6-4-10-8/h8,10,12H,1-7H2,(H,11,13). The number of morpholine rings is 1. The first-order valence-electron chi connectivity index (χ1n) is 5.04. The number of aliphatic hydroxyl groups is 1. The van der Waals surface area contributed by atoms with Crippen LogP contribution in [0.3, 0.4) is 0 Å². The van der Waals surface area contributed by atoms with Gasteiger partial charge in [0.1, 0.15) is 6.04 Å². The van der Waals surface area contributed by atoms with E-state index in [2.05, 4.69) is 10.6 Å². The highest BCUT2D eigenvalue weighted by Gasteiger charge is 2.20. The Bertz CT molecular complexity index is 169. The SMILES string of the molecule is O=C(NCCCCO)C1COCCN1. The van der Waals surface area contributed by atoms with Crippen LogP contribution in [0.5, 0.6) is 0 Å². The van der Waals surface area contributed by atoms with E-state index in [0.717, 1.165) is 19.4 Å². The second-order valence-electron chi connectivity index (χ2n) is 3.30. The molecule has 0 aromatic heterocycles. The van der Waals surface area contributed by atoms with Gasteiger partial charge in [0, 0.05) is 19.7 Å². The van der Waals surface area contributed by atoms with E-state index in [9.17, 15) is 4.79 Å². The highest BCUT2D eigenvalue weighted by molar-refractivity contribution is 5.81. The van der Waals surface area contributed by atoms with Crippen LogP contribution >= 0.6 is 0 Å². The predicted octanol–water partition coefficient (Wildman–Crippen LogP) is -1.14. The van der Waals surface area contributed by atoms with Crippen LogP contribution in [0.1, 0.15) is 12.8 Å². The van der Waals surface area contributed by atoms with E-state index in [1.165, 1.54) is 0 Å². The van der Waals surface area contributed by atoms with E-state index in [1.807, 2.05) is 0 Å². The van der Waals surface area contributed by atoms with Crippen molar-refractivity contribution in [3.05, 3.63) is 0 Å². The number of carbonyl (C=O) groups excluding carboxylic acids is 1. The van der Waals surface area contributed by atoms with Crippen LogP contribution < -0.4 is 10.6 Å². The summed E-state index contributed by atoms with van der Waals surface area (Å²) in [6.07, 6.45) is 1.55. The second kappa shape index (κ2) is 6.75. The van der Waals surface area contributed by atoms with Gasteiger partial charge in [-0.1, -0.05) is 0 Å². The molecule has 5 heteroatoms. The molecule has 0 spiro atoms. The summed E-state index contributed by atoms with van der Waals surface area (Å²) in [4.78, 5) is 11.4. The summed E-state index contributed by atoms with van der Waals surface area (Å²) in [6.45, 7) is 2.66. The molecule has 0 aliphatic carbocycles. The molecule has 1 amide bonds. The van der Waals surface area contributed by atoms with Crippen LogP contribution in [-0.4, -0.2) is 50.0 Å². The summed E-state index contributed by atoms with van der Waals surface area (Å²) in [5, 5.41) is 14.4. The third-order valence-electron chi connectivity index (χ3n) is 2.12. The number of carbonyl (C=O) groups is 1. The third-order valence-corrected chi connectivity index (χ3v) is 2.12. The molecule has 1 fully saturated rings. The van der Waals surface area contributed by atoms with Crippen LogP contribution in [0.25, 0.3) is 0 Å². The molecule has 0 aromatic rings. The van der Waals surface area contributed by atoms with E-state index in [1.54, 1.807) is 0 Å². The van der Waals surface area contributed by atoms with Crippen LogP contribution in [0.2, 0.25) is 0 Å². The molecule has 1 aliphatic rings. The maximum atomic E-state index is 11.4. The maximum absolute atomic E-state index is 11.4. The van der Waals surface area contributed by atoms with Gasteiger partial charge in [0.2, 0.25) is 5.91 Å². The molecule has 0 aromatic carbocycles. The normalized spacial score (nSPS) is 21.9. The fraction of sp³-hybridized carbons (Fsp3) is 0.889. The van der Waals surface area contributed by atoms with Crippen molar-refractivity contribution in [2.75, 3.05) is 32.9 Å². The number of hydrogen-bond donors (Lipinski definition) is 3. The first-order valence-corrected chi connectivity index (χ1v) is 5.04. The number of rotatable bonds is 5. The van der Waals surface area contributed by atoms with Crippen molar-refractivity contribution in [2.45, 2.75) is 18.9 Å². The highest BCUT2D eigenvalue weighted by Crippen LogP contribution is 1.93. The third kappa shape index (κ3) is 4.04. The molecule has 1 heterocycles. The minimum Gasteiger partial charge on any atom is -0.396 e. The number of hydrogen-bond acceptors (Lipinski definition) is 4. The molecular weight excluding hydrogens is 184 g/mol. The lowest BCUT2D eigenvalue weighted by atomic mass is 10.2. The minimum atomic E-state index is -0.210. The van der Waals surface area contributed by atoms with E-state index < -0.39 is 0 Å². The van der Waals surface area contributed by atoms with Gasteiger partial charge in [-0.3, -0.25) is 4.79 Å². The second-order valence-corrected chi connectivity index (χ2v) is 3.30. The molecule has 0 saturated carbocycles. The van der Waals surface area contributed by atoms with E-state index in [-0.39, 0.29) is 18.6 Å². The van der Waals surface area contributed by atoms with Crippen molar-refractivity contribution in [3.8, 4) is 0 Å². The van der Waals surface area contributed by atoms with Gasteiger partial charge < -0.3 is 20.5 Å². The fourth-order valence-electron chi connectivity index (χ4n) is 1.31. The zero-order chi connectivity index (χ0) is 10.2. The summed E-state index contributed by atoms with van der Waals surface area (Å²) in [5.41, 5.74) is 0. The number of ether oxygens (including phenoxy) is 1. The average molecular weight is 202 g/mol. The van der Waals surface area contributed by atoms with E-state index in [0.29, 0.717) is 19.8 Å². The van der Waals surface area contributed by atoms with Crippen molar-refractivity contribution in [2.24, 2.45) is 0 Å². The zero-order valence-electron chi connectivity index (χ0n) is 8.29. The Hall–Kier alpha value is -0.650.